The number of carbonyl (C=O) groups excluding carboxylic acids is 1. The Morgan fingerprint density at radius 3 is 2.61 bits per heavy atom. The van der Waals surface area contributed by atoms with Crippen molar-refractivity contribution >= 4 is 24.0 Å². The first-order chi connectivity index (χ1) is 10.5. The zero-order valence-corrected chi connectivity index (χ0v) is 15.4. The molecule has 1 heterocycles. The van der Waals surface area contributed by atoms with Crippen LogP contribution in [0.5, 0.6) is 5.75 Å². The highest BCUT2D eigenvalue weighted by molar-refractivity contribution is 5.92. The molecule has 1 fully saturated rings. The van der Waals surface area contributed by atoms with Crippen molar-refractivity contribution in [3.8, 4) is 5.75 Å². The van der Waals surface area contributed by atoms with Crippen molar-refractivity contribution in [2.75, 3.05) is 25.5 Å². The summed E-state index contributed by atoms with van der Waals surface area (Å²) < 4.78 is 5.42. The largest absolute Gasteiger partial charge is 0.496 e. The maximum Gasteiger partial charge on any atom is 0.224 e. The van der Waals surface area contributed by atoms with Crippen molar-refractivity contribution in [2.24, 2.45) is 11.8 Å². The topological polar surface area (TPSA) is 50.4 Å². The summed E-state index contributed by atoms with van der Waals surface area (Å²) in [6.07, 6.45) is 2.93. The summed E-state index contributed by atoms with van der Waals surface area (Å²) in [5.74, 6) is 2.03. The van der Waals surface area contributed by atoms with Crippen molar-refractivity contribution in [3.63, 3.8) is 0 Å². The molecule has 0 radical (unpaired) electrons. The van der Waals surface area contributed by atoms with Crippen LogP contribution < -0.4 is 15.4 Å². The molecule has 1 unspecified atom stereocenters. The van der Waals surface area contributed by atoms with Crippen LogP contribution in [0.25, 0.3) is 0 Å². The lowest BCUT2D eigenvalue weighted by atomic mass is 9.84. The Kier molecular flexibility index (Phi) is 7.86. The molecule has 1 saturated heterocycles. The molecule has 130 valence electrons. The van der Waals surface area contributed by atoms with E-state index in [-0.39, 0.29) is 18.3 Å². The van der Waals surface area contributed by atoms with Gasteiger partial charge < -0.3 is 15.4 Å². The number of amides is 1. The molecule has 2 N–H and O–H groups in total. The number of halogens is 1. The Morgan fingerprint density at radius 2 is 2.00 bits per heavy atom. The summed E-state index contributed by atoms with van der Waals surface area (Å²) in [7, 11) is 1.67. The third kappa shape index (κ3) is 5.11. The zero-order valence-electron chi connectivity index (χ0n) is 14.6. The number of benzene rings is 1. The van der Waals surface area contributed by atoms with Crippen molar-refractivity contribution in [2.45, 2.75) is 40.0 Å². The average molecular weight is 341 g/mol. The van der Waals surface area contributed by atoms with Crippen LogP contribution in [0.15, 0.2) is 12.1 Å². The average Bonchev–Trinajstić information content (AvgIpc) is 2.51. The van der Waals surface area contributed by atoms with Gasteiger partial charge in [-0.15, -0.1) is 12.4 Å². The van der Waals surface area contributed by atoms with E-state index in [0.29, 0.717) is 18.3 Å². The second-order valence-electron chi connectivity index (χ2n) is 6.41. The fourth-order valence-electron chi connectivity index (χ4n) is 3.35. The van der Waals surface area contributed by atoms with Gasteiger partial charge in [0, 0.05) is 17.7 Å². The summed E-state index contributed by atoms with van der Waals surface area (Å²) in [4.78, 5) is 12.3. The first kappa shape index (κ1) is 19.8. The first-order valence-corrected chi connectivity index (χ1v) is 8.17. The van der Waals surface area contributed by atoms with Gasteiger partial charge in [0.15, 0.2) is 0 Å². The highest BCUT2D eigenvalue weighted by atomic mass is 35.5. The molecule has 0 saturated carbocycles. The molecule has 1 aliphatic rings. The van der Waals surface area contributed by atoms with Crippen LogP contribution in [0.3, 0.4) is 0 Å². The van der Waals surface area contributed by atoms with Gasteiger partial charge in [0.1, 0.15) is 5.75 Å². The summed E-state index contributed by atoms with van der Waals surface area (Å²) in [6.45, 7) is 8.34. The molecule has 1 atom stereocenters. The van der Waals surface area contributed by atoms with Crippen LogP contribution in [0, 0.1) is 25.7 Å². The van der Waals surface area contributed by atoms with Gasteiger partial charge in [-0.3, -0.25) is 4.79 Å². The first-order valence-electron chi connectivity index (χ1n) is 8.17. The summed E-state index contributed by atoms with van der Waals surface area (Å²) in [5, 5.41) is 6.42. The number of nitrogens with one attached hydrogen (secondary N) is 2. The molecule has 0 spiro atoms. The van der Waals surface area contributed by atoms with E-state index in [2.05, 4.69) is 17.6 Å². The van der Waals surface area contributed by atoms with Crippen LogP contribution in [0.4, 0.5) is 5.69 Å². The normalized spacial score (nSPS) is 16.3. The minimum atomic E-state index is 0. The van der Waals surface area contributed by atoms with Crippen molar-refractivity contribution < 1.29 is 9.53 Å². The number of methoxy groups -OCH3 is 1. The van der Waals surface area contributed by atoms with Crippen LogP contribution >= 0.6 is 12.4 Å². The molecule has 0 bridgehead atoms. The van der Waals surface area contributed by atoms with Crippen molar-refractivity contribution in [3.05, 3.63) is 23.3 Å². The standard InChI is InChI=1S/C18H28N2O2.ClH/c1-12-5-6-16(14(3)18(12)22-4)20-17(21)11-13(2)15-7-9-19-10-8-15;/h5-6,13,15,19H,7-11H2,1-4H3,(H,20,21);1H. The Bertz CT molecular complexity index is 528. The molecule has 1 aromatic carbocycles. The van der Waals surface area contributed by atoms with E-state index < -0.39 is 0 Å². The Labute approximate surface area is 145 Å². The predicted octanol–water partition coefficient (Wildman–Crippen LogP) is 3.70. The lowest BCUT2D eigenvalue weighted by Gasteiger charge is -2.28. The smallest absolute Gasteiger partial charge is 0.224 e. The van der Waals surface area contributed by atoms with Crippen molar-refractivity contribution in [1.82, 2.24) is 5.32 Å². The highest BCUT2D eigenvalue weighted by Gasteiger charge is 2.22. The summed E-state index contributed by atoms with van der Waals surface area (Å²) in [5.41, 5.74) is 2.93. The molecule has 23 heavy (non-hydrogen) atoms. The van der Waals surface area contributed by atoms with Crippen molar-refractivity contribution in [1.29, 1.82) is 0 Å². The molecule has 1 aliphatic heterocycles. The molecule has 4 nitrogen and oxygen atoms in total. The van der Waals surface area contributed by atoms with Gasteiger partial charge >= 0.3 is 0 Å². The third-order valence-electron chi connectivity index (χ3n) is 4.78. The number of rotatable bonds is 5. The van der Waals surface area contributed by atoms with Gasteiger partial charge in [0.05, 0.1) is 7.11 Å². The number of hydrogen-bond donors (Lipinski definition) is 2. The Morgan fingerprint density at radius 1 is 1.35 bits per heavy atom. The van der Waals surface area contributed by atoms with Crippen LogP contribution in [0.2, 0.25) is 0 Å². The monoisotopic (exact) mass is 340 g/mol. The second kappa shape index (κ2) is 9.14. The molecular formula is C18H29ClN2O2. The summed E-state index contributed by atoms with van der Waals surface area (Å²) >= 11 is 0. The fraction of sp³-hybridized carbons (Fsp3) is 0.611. The van der Waals surface area contributed by atoms with Gasteiger partial charge in [-0.05, 0) is 63.2 Å². The number of anilines is 1. The fourth-order valence-corrected chi connectivity index (χ4v) is 3.35. The Balaban J connectivity index is 0.00000264. The SMILES string of the molecule is COc1c(C)ccc(NC(=O)CC(C)C2CCNCC2)c1C.Cl. The molecule has 0 aliphatic carbocycles. The quantitative estimate of drug-likeness (QED) is 0.859. The molecule has 1 aromatic rings. The number of carbonyl (C=O) groups is 1. The highest BCUT2D eigenvalue weighted by Crippen LogP contribution is 2.30. The molecular weight excluding hydrogens is 312 g/mol. The molecule has 5 heteroatoms. The van der Waals surface area contributed by atoms with Crippen LogP contribution in [-0.2, 0) is 4.79 Å². The maximum atomic E-state index is 12.3. The summed E-state index contributed by atoms with van der Waals surface area (Å²) in [6, 6.07) is 3.94. The molecule has 1 amide bonds. The van der Waals surface area contributed by atoms with Gasteiger partial charge in [-0.1, -0.05) is 13.0 Å². The van der Waals surface area contributed by atoms with Gasteiger partial charge in [-0.25, -0.2) is 0 Å². The number of piperidine rings is 1. The van der Waals surface area contributed by atoms with E-state index in [1.54, 1.807) is 7.11 Å². The predicted molar refractivity (Wildman–Crippen MR) is 97.7 cm³/mol. The van der Waals surface area contributed by atoms with E-state index in [1.807, 2.05) is 26.0 Å². The molecule has 2 rings (SSSR count). The number of hydrogen-bond acceptors (Lipinski definition) is 3. The Hall–Kier alpha value is -1.26. The van der Waals surface area contributed by atoms with E-state index in [0.717, 1.165) is 35.7 Å². The van der Waals surface area contributed by atoms with Gasteiger partial charge in [0.2, 0.25) is 5.91 Å². The number of aryl methyl sites for hydroxylation is 1. The lowest BCUT2D eigenvalue weighted by molar-refractivity contribution is -0.117. The van der Waals surface area contributed by atoms with Crippen LogP contribution in [-0.4, -0.2) is 26.1 Å². The molecule has 0 aromatic heterocycles. The van der Waals surface area contributed by atoms with Gasteiger partial charge in [0.25, 0.3) is 0 Å². The van der Waals surface area contributed by atoms with Gasteiger partial charge in [-0.2, -0.15) is 0 Å². The van der Waals surface area contributed by atoms with E-state index >= 15 is 0 Å². The third-order valence-corrected chi connectivity index (χ3v) is 4.78. The number of ether oxygens (including phenoxy) is 1. The lowest BCUT2D eigenvalue weighted by Crippen LogP contribution is -2.32. The van der Waals surface area contributed by atoms with E-state index in [4.69, 9.17) is 4.74 Å². The minimum Gasteiger partial charge on any atom is -0.496 e. The maximum absolute atomic E-state index is 12.3. The minimum absolute atomic E-state index is 0. The second-order valence-corrected chi connectivity index (χ2v) is 6.41. The van der Waals surface area contributed by atoms with E-state index in [9.17, 15) is 4.79 Å². The van der Waals surface area contributed by atoms with E-state index in [1.165, 1.54) is 12.8 Å². The zero-order chi connectivity index (χ0) is 16.1. The van der Waals surface area contributed by atoms with Crippen LogP contribution in [0.1, 0.15) is 37.3 Å².